The molecule has 114 valence electrons. The molecule has 0 unspecified atom stereocenters. The van der Waals surface area contributed by atoms with Crippen molar-refractivity contribution in [2.75, 3.05) is 5.32 Å². The molecule has 0 saturated heterocycles. The molecule has 1 N–H and O–H groups in total. The number of para-hydroxylation sites is 1. The molecule has 3 rings (SSSR count). The number of rotatable bonds is 4. The third-order valence-electron chi connectivity index (χ3n) is 3.20. The van der Waals surface area contributed by atoms with Gasteiger partial charge in [-0.3, -0.25) is 4.79 Å². The highest BCUT2D eigenvalue weighted by atomic mass is 19.1. The summed E-state index contributed by atoms with van der Waals surface area (Å²) in [5, 5.41) is 2.81. The van der Waals surface area contributed by atoms with Gasteiger partial charge in [-0.15, -0.1) is 0 Å². The van der Waals surface area contributed by atoms with Crippen LogP contribution in [0.15, 0.2) is 78.9 Å². The van der Waals surface area contributed by atoms with Crippen LogP contribution in [0.5, 0.6) is 11.5 Å². The van der Waals surface area contributed by atoms with Gasteiger partial charge in [0.25, 0.3) is 5.91 Å². The van der Waals surface area contributed by atoms with Crippen LogP contribution in [0.1, 0.15) is 10.4 Å². The Kier molecular flexibility index (Phi) is 4.34. The van der Waals surface area contributed by atoms with Gasteiger partial charge in [0.1, 0.15) is 17.3 Å². The maximum Gasteiger partial charge on any atom is 0.255 e. The van der Waals surface area contributed by atoms with Crippen molar-refractivity contribution in [3.8, 4) is 11.5 Å². The summed E-state index contributed by atoms with van der Waals surface area (Å²) in [5.41, 5.74) is 1.27. The van der Waals surface area contributed by atoms with Gasteiger partial charge in [-0.25, -0.2) is 4.39 Å². The highest BCUT2D eigenvalue weighted by molar-refractivity contribution is 6.04. The lowest BCUT2D eigenvalue weighted by Crippen LogP contribution is -2.11. The molecule has 1 amide bonds. The Bertz CT molecular complexity index is 784. The van der Waals surface area contributed by atoms with E-state index in [9.17, 15) is 9.18 Å². The molecule has 4 heteroatoms. The summed E-state index contributed by atoms with van der Waals surface area (Å²) in [6.07, 6.45) is 0. The van der Waals surface area contributed by atoms with Crippen LogP contribution in [-0.4, -0.2) is 5.91 Å². The van der Waals surface area contributed by atoms with Gasteiger partial charge in [0.15, 0.2) is 0 Å². The van der Waals surface area contributed by atoms with Crippen molar-refractivity contribution < 1.29 is 13.9 Å². The third-order valence-corrected chi connectivity index (χ3v) is 3.20. The second-order valence-corrected chi connectivity index (χ2v) is 4.90. The molecule has 0 bridgehead atoms. The van der Waals surface area contributed by atoms with Crippen molar-refractivity contribution in [1.82, 2.24) is 0 Å². The molecule has 23 heavy (non-hydrogen) atoms. The van der Waals surface area contributed by atoms with Crippen LogP contribution in [0.3, 0.4) is 0 Å². The number of carbonyl (C=O) groups excluding carboxylic acids is 1. The smallest absolute Gasteiger partial charge is 0.255 e. The number of carbonyl (C=O) groups is 1. The van der Waals surface area contributed by atoms with E-state index in [0.29, 0.717) is 17.1 Å². The van der Waals surface area contributed by atoms with E-state index in [0.717, 1.165) is 5.69 Å². The van der Waals surface area contributed by atoms with E-state index in [-0.39, 0.29) is 11.7 Å². The number of amides is 1. The number of halogens is 1. The van der Waals surface area contributed by atoms with E-state index < -0.39 is 0 Å². The van der Waals surface area contributed by atoms with E-state index in [1.54, 1.807) is 36.4 Å². The molecule has 0 fully saturated rings. The summed E-state index contributed by atoms with van der Waals surface area (Å²) in [6.45, 7) is 0. The second-order valence-electron chi connectivity index (χ2n) is 4.90. The number of ether oxygens (including phenoxy) is 1. The lowest BCUT2D eigenvalue weighted by molar-refractivity contribution is 0.102. The first kappa shape index (κ1) is 14.8. The molecular weight excluding hydrogens is 293 g/mol. The minimum absolute atomic E-state index is 0.190. The quantitative estimate of drug-likeness (QED) is 0.746. The van der Waals surface area contributed by atoms with Gasteiger partial charge < -0.3 is 10.1 Å². The molecule has 0 spiro atoms. The predicted octanol–water partition coefficient (Wildman–Crippen LogP) is 4.87. The Balaban J connectivity index is 1.66. The fraction of sp³-hybridized carbons (Fsp3) is 0. The fourth-order valence-electron chi connectivity index (χ4n) is 2.04. The normalized spacial score (nSPS) is 10.1. The molecule has 0 radical (unpaired) electrons. The molecule has 0 aliphatic rings. The molecule has 0 aromatic heterocycles. The zero-order valence-electron chi connectivity index (χ0n) is 12.2. The minimum Gasteiger partial charge on any atom is -0.457 e. The average molecular weight is 307 g/mol. The summed E-state index contributed by atoms with van der Waals surface area (Å²) < 4.78 is 18.4. The van der Waals surface area contributed by atoms with Crippen LogP contribution in [0.25, 0.3) is 0 Å². The molecule has 0 aliphatic carbocycles. The molecule has 3 aromatic rings. The molecule has 0 heterocycles. The van der Waals surface area contributed by atoms with E-state index in [4.69, 9.17) is 4.74 Å². The number of anilines is 1. The first-order chi connectivity index (χ1) is 11.2. The summed E-state index contributed by atoms with van der Waals surface area (Å²) in [5.74, 6) is 0.607. The third kappa shape index (κ3) is 3.95. The van der Waals surface area contributed by atoms with Crippen LogP contribution in [0.2, 0.25) is 0 Å². The molecule has 0 atom stereocenters. The molecule has 0 aliphatic heterocycles. The number of benzene rings is 3. The van der Waals surface area contributed by atoms with Crippen molar-refractivity contribution in [2.45, 2.75) is 0 Å². The van der Waals surface area contributed by atoms with Crippen molar-refractivity contribution >= 4 is 11.6 Å². The van der Waals surface area contributed by atoms with Crippen molar-refractivity contribution in [2.24, 2.45) is 0 Å². The van der Waals surface area contributed by atoms with Gasteiger partial charge in [0.05, 0.1) is 0 Å². The van der Waals surface area contributed by atoms with Crippen molar-refractivity contribution in [3.63, 3.8) is 0 Å². The lowest BCUT2D eigenvalue weighted by atomic mass is 10.2. The fourth-order valence-corrected chi connectivity index (χ4v) is 2.04. The van der Waals surface area contributed by atoms with E-state index in [1.165, 1.54) is 12.1 Å². The number of hydrogen-bond acceptors (Lipinski definition) is 2. The number of nitrogens with one attached hydrogen (secondary N) is 1. The maximum atomic E-state index is 12.8. The van der Waals surface area contributed by atoms with Crippen molar-refractivity contribution in [1.29, 1.82) is 0 Å². The zero-order chi connectivity index (χ0) is 16.1. The molecular formula is C19H14FNO2. The van der Waals surface area contributed by atoms with Crippen LogP contribution in [-0.2, 0) is 0 Å². The Hall–Kier alpha value is -3.14. The van der Waals surface area contributed by atoms with Crippen LogP contribution in [0, 0.1) is 5.82 Å². The topological polar surface area (TPSA) is 38.3 Å². The van der Waals surface area contributed by atoms with Crippen LogP contribution >= 0.6 is 0 Å². The second kappa shape index (κ2) is 6.75. The van der Waals surface area contributed by atoms with Gasteiger partial charge in [0.2, 0.25) is 0 Å². The van der Waals surface area contributed by atoms with Gasteiger partial charge in [-0.2, -0.15) is 0 Å². The van der Waals surface area contributed by atoms with Gasteiger partial charge in [0, 0.05) is 11.3 Å². The van der Waals surface area contributed by atoms with E-state index >= 15 is 0 Å². The first-order valence-electron chi connectivity index (χ1n) is 7.10. The number of hydrogen-bond donors (Lipinski definition) is 1. The summed E-state index contributed by atoms with van der Waals surface area (Å²) in [7, 11) is 0. The van der Waals surface area contributed by atoms with Gasteiger partial charge in [-0.1, -0.05) is 18.2 Å². The highest BCUT2D eigenvalue weighted by Gasteiger charge is 2.06. The van der Waals surface area contributed by atoms with E-state index in [2.05, 4.69) is 5.32 Å². The Morgan fingerprint density at radius 2 is 1.35 bits per heavy atom. The van der Waals surface area contributed by atoms with E-state index in [1.807, 2.05) is 30.3 Å². The first-order valence-corrected chi connectivity index (χ1v) is 7.10. The monoisotopic (exact) mass is 307 g/mol. The van der Waals surface area contributed by atoms with Crippen molar-refractivity contribution in [3.05, 3.63) is 90.2 Å². The lowest BCUT2D eigenvalue weighted by Gasteiger charge is -2.07. The summed E-state index contributed by atoms with van der Waals surface area (Å²) in [6, 6.07) is 21.8. The Labute approximate surface area is 133 Å². The minimum atomic E-state index is -0.315. The van der Waals surface area contributed by atoms with Gasteiger partial charge >= 0.3 is 0 Å². The SMILES string of the molecule is O=C(Nc1ccccc1)c1ccc(Oc2ccc(F)cc2)cc1. The average Bonchev–Trinajstić information content (AvgIpc) is 2.58. The Morgan fingerprint density at radius 1 is 0.783 bits per heavy atom. The Morgan fingerprint density at radius 3 is 1.96 bits per heavy atom. The molecule has 0 saturated carbocycles. The zero-order valence-corrected chi connectivity index (χ0v) is 12.2. The highest BCUT2D eigenvalue weighted by Crippen LogP contribution is 2.22. The largest absolute Gasteiger partial charge is 0.457 e. The molecule has 3 aromatic carbocycles. The predicted molar refractivity (Wildman–Crippen MR) is 87.3 cm³/mol. The van der Waals surface area contributed by atoms with Crippen LogP contribution in [0.4, 0.5) is 10.1 Å². The van der Waals surface area contributed by atoms with Crippen LogP contribution < -0.4 is 10.1 Å². The summed E-state index contributed by atoms with van der Waals surface area (Å²) >= 11 is 0. The summed E-state index contributed by atoms with van der Waals surface area (Å²) in [4.78, 5) is 12.1. The standard InChI is InChI=1S/C19H14FNO2/c20-15-8-12-18(13-9-15)23-17-10-6-14(7-11-17)19(22)21-16-4-2-1-3-5-16/h1-13H,(H,21,22). The maximum absolute atomic E-state index is 12.8. The van der Waals surface area contributed by atoms with Gasteiger partial charge in [-0.05, 0) is 60.7 Å². The molecule has 3 nitrogen and oxygen atoms in total.